The molecule has 0 aliphatic carbocycles. The Morgan fingerprint density at radius 1 is 0.925 bits per heavy atom. The van der Waals surface area contributed by atoms with Crippen molar-refractivity contribution in [3.8, 4) is 0 Å². The number of carbonyl (C=O) groups is 2. The number of halogens is 6. The van der Waals surface area contributed by atoms with Gasteiger partial charge in [-0.2, -0.15) is 26.3 Å². The molecule has 13 heteroatoms. The third kappa shape index (κ3) is 7.11. The number of benzene rings is 2. The Morgan fingerprint density at radius 3 is 2.17 bits per heavy atom. The van der Waals surface area contributed by atoms with Crippen molar-refractivity contribution in [3.63, 3.8) is 0 Å². The van der Waals surface area contributed by atoms with Crippen LogP contribution in [0.5, 0.6) is 0 Å². The number of piperazine rings is 1. The summed E-state index contributed by atoms with van der Waals surface area (Å²) in [6.45, 7) is 2.58. The number of carbonyl (C=O) groups excluding carboxylic acids is 1. The summed E-state index contributed by atoms with van der Waals surface area (Å²) in [4.78, 5) is 26.6. The van der Waals surface area contributed by atoms with E-state index >= 15 is 0 Å². The minimum Gasteiger partial charge on any atom is -0.481 e. The van der Waals surface area contributed by atoms with Crippen molar-refractivity contribution < 1.29 is 41.0 Å². The van der Waals surface area contributed by atoms with Gasteiger partial charge in [-0.1, -0.05) is 23.9 Å². The van der Waals surface area contributed by atoms with E-state index in [9.17, 15) is 41.0 Å². The Kier molecular flexibility index (Phi) is 9.03. The molecule has 2 heterocycles. The number of piperidine rings is 1. The second-order valence-corrected chi connectivity index (χ2v) is 10.6. The molecule has 0 atom stereocenters. The Morgan fingerprint density at radius 2 is 1.57 bits per heavy atom. The number of alkyl halides is 6. The van der Waals surface area contributed by atoms with E-state index in [1.54, 1.807) is 18.2 Å². The second-order valence-electron chi connectivity index (χ2n) is 9.51. The zero-order valence-corrected chi connectivity index (χ0v) is 22.0. The Bertz CT molecular complexity index is 1270. The van der Waals surface area contributed by atoms with E-state index in [1.807, 2.05) is 4.90 Å². The molecule has 4 rings (SSSR count). The predicted octanol–water partition coefficient (Wildman–Crippen LogP) is 5.62. The van der Waals surface area contributed by atoms with Crippen LogP contribution in [0, 0.1) is 5.92 Å². The minimum absolute atomic E-state index is 0.300. The molecule has 0 bridgehead atoms. The van der Waals surface area contributed by atoms with Gasteiger partial charge in [0.25, 0.3) is 0 Å². The first-order valence-electron chi connectivity index (χ1n) is 12.6. The van der Waals surface area contributed by atoms with Crippen molar-refractivity contribution in [3.05, 3.63) is 59.2 Å². The molecule has 216 valence electrons. The summed E-state index contributed by atoms with van der Waals surface area (Å²) < 4.78 is 85.0. The monoisotopic (exact) mass is 587 g/mol. The van der Waals surface area contributed by atoms with Gasteiger partial charge >= 0.3 is 18.3 Å². The number of nitrogens with one attached hydrogen (secondary N) is 1. The van der Waals surface area contributed by atoms with E-state index < -0.39 is 51.7 Å². The summed E-state index contributed by atoms with van der Waals surface area (Å²) in [5, 5.41) is 12.2. The first-order valence-corrected chi connectivity index (χ1v) is 13.4. The molecule has 2 aliphatic heterocycles. The average Bonchev–Trinajstić information content (AvgIpc) is 2.91. The van der Waals surface area contributed by atoms with Gasteiger partial charge in [-0.15, -0.1) is 0 Å². The predicted molar refractivity (Wildman–Crippen MR) is 138 cm³/mol. The fourth-order valence-corrected chi connectivity index (χ4v) is 5.85. The molecule has 1 amide bonds. The lowest BCUT2D eigenvalue weighted by atomic mass is 9.97. The standard InChI is InChI=1S/C27H27F6N3O3S/c28-26(29,30)23-17(5-7-22(37)36-14-10-34-11-15-36)4-6-21(24(23)27(31,32)33)40-20-3-1-2-19(16-20)35-12-8-18(9-13-35)25(38)39/h1-7,16,18,34H,8-15H2,(H,38,39). The van der Waals surface area contributed by atoms with Crippen molar-refractivity contribution in [2.45, 2.75) is 35.0 Å². The molecule has 2 aromatic rings. The highest BCUT2D eigenvalue weighted by Crippen LogP contribution is 2.48. The van der Waals surface area contributed by atoms with E-state index in [2.05, 4.69) is 5.32 Å². The number of anilines is 1. The van der Waals surface area contributed by atoms with Gasteiger partial charge in [0.05, 0.1) is 17.0 Å². The van der Waals surface area contributed by atoms with Crippen LogP contribution in [-0.2, 0) is 21.9 Å². The minimum atomic E-state index is -5.34. The van der Waals surface area contributed by atoms with Crippen LogP contribution < -0.4 is 10.2 Å². The fraction of sp³-hybridized carbons (Fsp3) is 0.407. The van der Waals surface area contributed by atoms with Crippen molar-refractivity contribution in [1.29, 1.82) is 0 Å². The molecule has 0 aromatic heterocycles. The summed E-state index contributed by atoms with van der Waals surface area (Å²) in [7, 11) is 0. The summed E-state index contributed by atoms with van der Waals surface area (Å²) >= 11 is 0.564. The molecule has 0 spiro atoms. The summed E-state index contributed by atoms with van der Waals surface area (Å²) in [5.41, 5.74) is -3.76. The van der Waals surface area contributed by atoms with Crippen molar-refractivity contribution >= 4 is 35.4 Å². The summed E-state index contributed by atoms with van der Waals surface area (Å²) in [6.07, 6.45) is -8.18. The summed E-state index contributed by atoms with van der Waals surface area (Å²) in [5.74, 6) is -1.93. The van der Waals surface area contributed by atoms with Crippen molar-refractivity contribution in [2.24, 2.45) is 5.92 Å². The number of carboxylic acids is 1. The normalized spacial score (nSPS) is 17.4. The van der Waals surface area contributed by atoms with Gasteiger partial charge in [0.2, 0.25) is 5.91 Å². The van der Waals surface area contributed by atoms with Gasteiger partial charge in [0.15, 0.2) is 0 Å². The maximum Gasteiger partial charge on any atom is 0.418 e. The number of hydrogen-bond acceptors (Lipinski definition) is 5. The van der Waals surface area contributed by atoms with E-state index in [4.69, 9.17) is 0 Å². The zero-order valence-electron chi connectivity index (χ0n) is 21.2. The summed E-state index contributed by atoms with van der Waals surface area (Å²) in [6, 6.07) is 8.34. The van der Waals surface area contributed by atoms with E-state index in [-0.39, 0.29) is 0 Å². The first-order chi connectivity index (χ1) is 18.8. The van der Waals surface area contributed by atoms with Crippen LogP contribution in [0.1, 0.15) is 29.5 Å². The Labute approximate surface area is 231 Å². The number of aliphatic carboxylic acids is 1. The number of carboxylic acid groups (broad SMARTS) is 1. The largest absolute Gasteiger partial charge is 0.481 e. The molecule has 2 saturated heterocycles. The van der Waals surface area contributed by atoms with E-state index in [1.165, 1.54) is 11.0 Å². The number of hydrogen-bond donors (Lipinski definition) is 2. The molecule has 2 fully saturated rings. The fourth-order valence-electron chi connectivity index (χ4n) is 4.82. The maximum atomic E-state index is 14.2. The number of amides is 1. The first kappa shape index (κ1) is 29.8. The van der Waals surface area contributed by atoms with Gasteiger partial charge in [-0.25, -0.2) is 0 Å². The van der Waals surface area contributed by atoms with Crippen LogP contribution in [0.4, 0.5) is 32.0 Å². The molecule has 2 aromatic carbocycles. The lowest BCUT2D eigenvalue weighted by Gasteiger charge is -2.32. The third-order valence-corrected chi connectivity index (χ3v) is 7.90. The zero-order chi connectivity index (χ0) is 29.1. The lowest BCUT2D eigenvalue weighted by molar-refractivity contribution is -0.163. The molecule has 0 saturated carbocycles. The maximum absolute atomic E-state index is 14.2. The average molecular weight is 588 g/mol. The quantitative estimate of drug-likeness (QED) is 0.338. The van der Waals surface area contributed by atoms with E-state index in [0.717, 1.165) is 24.3 Å². The topological polar surface area (TPSA) is 72.9 Å². The highest BCUT2D eigenvalue weighted by Gasteiger charge is 2.46. The van der Waals surface area contributed by atoms with E-state index in [0.29, 0.717) is 74.5 Å². The molecule has 2 N–H and O–H groups in total. The van der Waals surface area contributed by atoms with Crippen molar-refractivity contribution in [2.75, 3.05) is 44.2 Å². The van der Waals surface area contributed by atoms with Gasteiger partial charge in [0, 0.05) is 60.8 Å². The van der Waals surface area contributed by atoms with Crippen molar-refractivity contribution in [1.82, 2.24) is 10.2 Å². The van der Waals surface area contributed by atoms with Crippen LogP contribution in [0.3, 0.4) is 0 Å². The van der Waals surface area contributed by atoms with Crippen LogP contribution in [0.2, 0.25) is 0 Å². The third-order valence-electron chi connectivity index (χ3n) is 6.86. The Hall–Kier alpha value is -3.19. The second kappa shape index (κ2) is 12.1. The smallest absolute Gasteiger partial charge is 0.418 e. The SMILES string of the molecule is O=C(O)C1CCN(c2cccc(Sc3ccc(C=CC(=O)N4CCNCC4)c(C(F)(F)F)c3C(F)(F)F)c2)CC1. The number of rotatable bonds is 6. The molecular weight excluding hydrogens is 560 g/mol. The number of nitrogens with zero attached hydrogens (tertiary/aromatic N) is 2. The molecule has 0 radical (unpaired) electrons. The van der Waals surface area contributed by atoms with Gasteiger partial charge in [-0.05, 0) is 48.7 Å². The molecule has 0 unspecified atom stereocenters. The Balaban J connectivity index is 1.65. The van der Waals surface area contributed by atoms with Gasteiger partial charge in [-0.3, -0.25) is 9.59 Å². The highest BCUT2D eigenvalue weighted by atomic mass is 32.2. The molecular formula is C27H27F6N3O3S. The van der Waals surface area contributed by atoms with Crippen LogP contribution in [-0.4, -0.2) is 61.2 Å². The molecule has 6 nitrogen and oxygen atoms in total. The van der Waals surface area contributed by atoms with Crippen LogP contribution in [0.25, 0.3) is 6.08 Å². The van der Waals surface area contributed by atoms with Crippen LogP contribution in [0.15, 0.2) is 52.3 Å². The van der Waals surface area contributed by atoms with Crippen LogP contribution >= 0.6 is 11.8 Å². The van der Waals surface area contributed by atoms with Gasteiger partial charge in [0.1, 0.15) is 0 Å². The van der Waals surface area contributed by atoms with Gasteiger partial charge < -0.3 is 20.2 Å². The molecule has 40 heavy (non-hydrogen) atoms. The highest BCUT2D eigenvalue weighted by molar-refractivity contribution is 7.99. The lowest BCUT2D eigenvalue weighted by Crippen LogP contribution is -2.45. The molecule has 2 aliphatic rings.